The van der Waals surface area contributed by atoms with Gasteiger partial charge in [0.25, 0.3) is 0 Å². The van der Waals surface area contributed by atoms with Gasteiger partial charge in [-0.1, -0.05) is 23.7 Å². The SMILES string of the molecule is Cc1coc2c(C)c3oc(=O)c(CC(=O)NC[C@@H](CC(=O)O)c4ccc(Cl)cc4)c(C)c3cc12. The molecule has 34 heavy (non-hydrogen) atoms. The third-order valence-electron chi connectivity index (χ3n) is 6.18. The number of carboxylic acids is 1. The maximum atomic E-state index is 12.8. The lowest BCUT2D eigenvalue weighted by atomic mass is 9.95. The van der Waals surface area contributed by atoms with Gasteiger partial charge in [0.2, 0.25) is 5.91 Å². The van der Waals surface area contributed by atoms with Crippen molar-refractivity contribution in [1.82, 2.24) is 5.32 Å². The second-order valence-corrected chi connectivity index (χ2v) is 8.93. The highest BCUT2D eigenvalue weighted by Crippen LogP contribution is 2.32. The number of benzene rings is 2. The van der Waals surface area contributed by atoms with Gasteiger partial charge in [0.1, 0.15) is 11.2 Å². The molecule has 8 heteroatoms. The lowest BCUT2D eigenvalue weighted by Gasteiger charge is -2.17. The topological polar surface area (TPSA) is 110 Å². The van der Waals surface area contributed by atoms with E-state index in [1.54, 1.807) is 37.5 Å². The molecule has 176 valence electrons. The van der Waals surface area contributed by atoms with Crippen molar-refractivity contribution in [2.24, 2.45) is 0 Å². The van der Waals surface area contributed by atoms with Gasteiger partial charge in [0.05, 0.1) is 24.7 Å². The largest absolute Gasteiger partial charge is 0.481 e. The smallest absolute Gasteiger partial charge is 0.340 e. The van der Waals surface area contributed by atoms with E-state index in [0.29, 0.717) is 21.8 Å². The predicted molar refractivity (Wildman–Crippen MR) is 130 cm³/mol. The van der Waals surface area contributed by atoms with E-state index in [2.05, 4.69) is 5.32 Å². The Labute approximate surface area is 200 Å². The molecule has 2 N–H and O–H groups in total. The Balaban J connectivity index is 1.59. The van der Waals surface area contributed by atoms with Crippen LogP contribution in [0.5, 0.6) is 0 Å². The maximum Gasteiger partial charge on any atom is 0.340 e. The van der Waals surface area contributed by atoms with Crippen molar-refractivity contribution < 1.29 is 23.5 Å². The Morgan fingerprint density at radius 2 is 1.76 bits per heavy atom. The number of fused-ring (bicyclic) bond motifs is 2. The average molecular weight is 482 g/mol. The summed E-state index contributed by atoms with van der Waals surface area (Å²) in [6, 6.07) is 8.76. The molecule has 4 rings (SSSR count). The van der Waals surface area contributed by atoms with E-state index in [-0.39, 0.29) is 24.9 Å². The fourth-order valence-electron chi connectivity index (χ4n) is 4.24. The Morgan fingerprint density at radius 1 is 1.06 bits per heavy atom. The molecule has 0 saturated heterocycles. The number of halogens is 1. The van der Waals surface area contributed by atoms with E-state index >= 15 is 0 Å². The first-order valence-corrected chi connectivity index (χ1v) is 11.2. The zero-order valence-electron chi connectivity index (χ0n) is 19.0. The summed E-state index contributed by atoms with van der Waals surface area (Å²) in [6.07, 6.45) is 1.33. The number of hydrogen-bond acceptors (Lipinski definition) is 5. The minimum Gasteiger partial charge on any atom is -0.481 e. The molecular formula is C26H24ClNO6. The summed E-state index contributed by atoms with van der Waals surface area (Å²) in [5.41, 5.74) is 3.93. The number of rotatable bonds is 7. The average Bonchev–Trinajstić information content (AvgIpc) is 3.16. The number of aliphatic carboxylic acids is 1. The monoisotopic (exact) mass is 481 g/mol. The molecule has 2 heterocycles. The molecule has 0 aliphatic rings. The Kier molecular flexibility index (Phi) is 6.48. The Morgan fingerprint density at radius 3 is 2.44 bits per heavy atom. The van der Waals surface area contributed by atoms with Crippen LogP contribution in [0.3, 0.4) is 0 Å². The van der Waals surface area contributed by atoms with Crippen molar-refractivity contribution in [1.29, 1.82) is 0 Å². The van der Waals surface area contributed by atoms with E-state index in [1.807, 2.05) is 19.9 Å². The lowest BCUT2D eigenvalue weighted by Crippen LogP contribution is -2.32. The van der Waals surface area contributed by atoms with Crippen LogP contribution < -0.4 is 10.9 Å². The van der Waals surface area contributed by atoms with Crippen LogP contribution in [0.2, 0.25) is 5.02 Å². The van der Waals surface area contributed by atoms with Crippen LogP contribution in [0, 0.1) is 20.8 Å². The van der Waals surface area contributed by atoms with E-state index in [4.69, 9.17) is 20.4 Å². The number of carbonyl (C=O) groups is 2. The minimum atomic E-state index is -0.976. The number of amides is 1. The number of carbonyl (C=O) groups excluding carboxylic acids is 1. The zero-order valence-corrected chi connectivity index (χ0v) is 19.8. The highest BCUT2D eigenvalue weighted by atomic mass is 35.5. The van der Waals surface area contributed by atoms with Gasteiger partial charge in [-0.25, -0.2) is 4.79 Å². The first-order chi connectivity index (χ1) is 16.2. The molecule has 7 nitrogen and oxygen atoms in total. The first kappa shape index (κ1) is 23.6. The van der Waals surface area contributed by atoms with E-state index < -0.39 is 23.4 Å². The summed E-state index contributed by atoms with van der Waals surface area (Å²) >= 11 is 5.93. The molecule has 0 radical (unpaired) electrons. The van der Waals surface area contributed by atoms with Gasteiger partial charge < -0.3 is 19.3 Å². The van der Waals surface area contributed by atoms with Crippen LogP contribution in [-0.2, 0) is 16.0 Å². The molecule has 2 aromatic carbocycles. The summed E-state index contributed by atoms with van der Waals surface area (Å²) in [5.74, 6) is -1.80. The molecular weight excluding hydrogens is 458 g/mol. The fourth-order valence-corrected chi connectivity index (χ4v) is 4.36. The Bertz CT molecular complexity index is 1470. The van der Waals surface area contributed by atoms with Crippen LogP contribution in [0.4, 0.5) is 0 Å². The highest BCUT2D eigenvalue weighted by Gasteiger charge is 2.21. The quantitative estimate of drug-likeness (QED) is 0.358. The molecule has 2 aromatic heterocycles. The van der Waals surface area contributed by atoms with Crippen LogP contribution in [-0.4, -0.2) is 23.5 Å². The lowest BCUT2D eigenvalue weighted by molar-refractivity contribution is -0.137. The molecule has 0 saturated carbocycles. The first-order valence-electron chi connectivity index (χ1n) is 10.8. The number of furan rings is 1. The summed E-state index contributed by atoms with van der Waals surface area (Å²) in [6.45, 7) is 5.68. The van der Waals surface area contributed by atoms with Gasteiger partial charge in [-0.15, -0.1) is 0 Å². The number of nitrogens with one attached hydrogen (secondary N) is 1. The third kappa shape index (κ3) is 4.56. The second-order valence-electron chi connectivity index (χ2n) is 8.49. The highest BCUT2D eigenvalue weighted by molar-refractivity contribution is 6.30. The van der Waals surface area contributed by atoms with Gasteiger partial charge in [0.15, 0.2) is 0 Å². The van der Waals surface area contributed by atoms with Crippen molar-refractivity contribution >= 4 is 45.4 Å². The molecule has 1 atom stereocenters. The molecule has 0 unspecified atom stereocenters. The predicted octanol–water partition coefficient (Wildman–Crippen LogP) is 5.04. The molecule has 0 aliphatic heterocycles. The molecule has 0 aliphatic carbocycles. The number of aryl methyl sites for hydroxylation is 3. The minimum absolute atomic E-state index is 0.110. The number of hydrogen-bond donors (Lipinski definition) is 2. The Hall–Kier alpha value is -3.58. The van der Waals surface area contributed by atoms with Crippen LogP contribution >= 0.6 is 11.6 Å². The van der Waals surface area contributed by atoms with Crippen LogP contribution in [0.25, 0.3) is 21.9 Å². The summed E-state index contributed by atoms with van der Waals surface area (Å²) in [4.78, 5) is 36.8. The second kappa shape index (κ2) is 9.35. The van der Waals surface area contributed by atoms with Crippen molar-refractivity contribution in [2.75, 3.05) is 6.54 Å². The van der Waals surface area contributed by atoms with Gasteiger partial charge in [0, 0.05) is 33.8 Å². The van der Waals surface area contributed by atoms with Gasteiger partial charge in [-0.05, 0) is 55.7 Å². The van der Waals surface area contributed by atoms with Gasteiger partial charge in [-0.3, -0.25) is 9.59 Å². The molecule has 0 bridgehead atoms. The van der Waals surface area contributed by atoms with Crippen molar-refractivity contribution in [3.05, 3.63) is 79.9 Å². The molecule has 0 spiro atoms. The maximum absolute atomic E-state index is 12.8. The van der Waals surface area contributed by atoms with Crippen LogP contribution in [0.1, 0.15) is 40.2 Å². The number of carboxylic acid groups (broad SMARTS) is 1. The fraction of sp³-hybridized carbons (Fsp3) is 0.269. The van der Waals surface area contributed by atoms with Gasteiger partial charge in [-0.2, -0.15) is 0 Å². The van der Waals surface area contributed by atoms with Crippen molar-refractivity contribution in [2.45, 2.75) is 39.5 Å². The normalized spacial score (nSPS) is 12.2. The third-order valence-corrected chi connectivity index (χ3v) is 6.43. The van der Waals surface area contributed by atoms with Crippen molar-refractivity contribution in [3.8, 4) is 0 Å². The summed E-state index contributed by atoms with van der Waals surface area (Å²) in [7, 11) is 0. The molecule has 0 fully saturated rings. The summed E-state index contributed by atoms with van der Waals surface area (Å²) < 4.78 is 11.2. The standard InChI is InChI=1S/C26H24ClNO6/c1-13-12-33-24-15(3)25-20(9-19(13)24)14(2)21(26(32)34-25)10-22(29)28-11-17(8-23(30)31)16-4-6-18(27)7-5-16/h4-7,9,12,17H,8,10-11H2,1-3H3,(H,28,29)(H,30,31)/t17-/m1/s1. The van der Waals surface area contributed by atoms with E-state index in [1.165, 1.54) is 0 Å². The van der Waals surface area contributed by atoms with Crippen molar-refractivity contribution in [3.63, 3.8) is 0 Å². The van der Waals surface area contributed by atoms with E-state index in [9.17, 15) is 19.5 Å². The molecule has 1 amide bonds. The van der Waals surface area contributed by atoms with Crippen LogP contribution in [0.15, 0.2) is 50.2 Å². The summed E-state index contributed by atoms with van der Waals surface area (Å²) in [5, 5.41) is 14.3. The van der Waals surface area contributed by atoms with E-state index in [0.717, 1.165) is 27.5 Å². The molecule has 4 aromatic rings. The van der Waals surface area contributed by atoms with Gasteiger partial charge >= 0.3 is 11.6 Å². The zero-order chi connectivity index (χ0) is 24.6.